The van der Waals surface area contributed by atoms with Gasteiger partial charge in [0.15, 0.2) is 0 Å². The number of benzene rings is 1. The second-order valence-corrected chi connectivity index (χ2v) is 5.56. The number of hydrogen-bond acceptors (Lipinski definition) is 4. The Morgan fingerprint density at radius 1 is 1.17 bits per heavy atom. The zero-order valence-corrected chi connectivity index (χ0v) is 12.9. The minimum Gasteiger partial charge on any atom is -0.352 e. The van der Waals surface area contributed by atoms with Gasteiger partial charge in [0.2, 0.25) is 0 Å². The van der Waals surface area contributed by atoms with Crippen LogP contribution < -0.4 is 5.32 Å². The molecule has 0 bridgehead atoms. The molecule has 4 rings (SSSR count). The van der Waals surface area contributed by atoms with Crippen molar-refractivity contribution in [1.82, 2.24) is 25.5 Å². The average molecular weight is 317 g/mol. The summed E-state index contributed by atoms with van der Waals surface area (Å²) in [5, 5.41) is 11.8. The van der Waals surface area contributed by atoms with Crippen LogP contribution in [0, 0.1) is 0 Å². The Bertz CT molecular complexity index is 1010. The molecule has 0 aliphatic rings. The van der Waals surface area contributed by atoms with Crippen LogP contribution >= 0.6 is 0 Å². The number of H-pyrrole nitrogens is 1. The molecular formula is C18H15N5O. The first-order valence-corrected chi connectivity index (χ1v) is 7.70. The molecule has 3 aromatic heterocycles. The molecule has 0 aliphatic heterocycles. The minimum absolute atomic E-state index is 0.104. The summed E-state index contributed by atoms with van der Waals surface area (Å²) in [4.78, 5) is 20.8. The number of nitrogens with one attached hydrogen (secondary N) is 2. The third-order valence-electron chi connectivity index (χ3n) is 3.96. The highest BCUT2D eigenvalue weighted by molar-refractivity contribution is 6.05. The monoisotopic (exact) mass is 317 g/mol. The average Bonchev–Trinajstić information content (AvgIpc) is 3.11. The van der Waals surface area contributed by atoms with E-state index in [4.69, 9.17) is 0 Å². The van der Waals surface area contributed by atoms with Crippen LogP contribution in [-0.2, 0) is 6.42 Å². The maximum Gasteiger partial charge on any atom is 0.251 e. The number of aromatic nitrogens is 4. The van der Waals surface area contributed by atoms with Crippen LogP contribution in [0.2, 0.25) is 0 Å². The van der Waals surface area contributed by atoms with Crippen LogP contribution in [0.4, 0.5) is 0 Å². The van der Waals surface area contributed by atoms with E-state index in [2.05, 4.69) is 25.5 Å². The molecular weight excluding hydrogens is 302 g/mol. The fraction of sp³-hybridized carbons (Fsp3) is 0.111. The van der Waals surface area contributed by atoms with Crippen molar-refractivity contribution in [3.63, 3.8) is 0 Å². The van der Waals surface area contributed by atoms with E-state index in [1.165, 1.54) is 0 Å². The zero-order valence-electron chi connectivity index (χ0n) is 12.9. The molecule has 0 saturated carbocycles. The van der Waals surface area contributed by atoms with E-state index in [1.54, 1.807) is 24.7 Å². The molecule has 0 atom stereocenters. The van der Waals surface area contributed by atoms with Crippen LogP contribution in [0.1, 0.15) is 15.9 Å². The molecule has 6 heteroatoms. The van der Waals surface area contributed by atoms with E-state index in [1.807, 2.05) is 30.5 Å². The summed E-state index contributed by atoms with van der Waals surface area (Å²) in [5.41, 5.74) is 3.40. The van der Waals surface area contributed by atoms with E-state index in [-0.39, 0.29) is 5.91 Å². The van der Waals surface area contributed by atoms with Gasteiger partial charge >= 0.3 is 0 Å². The van der Waals surface area contributed by atoms with Gasteiger partial charge in [0, 0.05) is 41.5 Å². The lowest BCUT2D eigenvalue weighted by atomic mass is 10.1. The predicted octanol–water partition coefficient (Wildman–Crippen LogP) is 2.48. The Balaban J connectivity index is 1.51. The van der Waals surface area contributed by atoms with E-state index in [0.29, 0.717) is 12.1 Å². The highest BCUT2D eigenvalue weighted by Crippen LogP contribution is 2.22. The fourth-order valence-corrected chi connectivity index (χ4v) is 2.71. The lowest BCUT2D eigenvalue weighted by Gasteiger charge is -2.06. The van der Waals surface area contributed by atoms with Gasteiger partial charge in [0.1, 0.15) is 0 Å². The Morgan fingerprint density at radius 3 is 3.00 bits per heavy atom. The maximum absolute atomic E-state index is 12.3. The maximum atomic E-state index is 12.3. The van der Waals surface area contributed by atoms with Gasteiger partial charge in [-0.05, 0) is 36.2 Å². The molecule has 24 heavy (non-hydrogen) atoms. The molecule has 1 aromatic carbocycles. The van der Waals surface area contributed by atoms with Crippen molar-refractivity contribution in [2.75, 3.05) is 6.54 Å². The van der Waals surface area contributed by atoms with Gasteiger partial charge in [0.05, 0.1) is 17.2 Å². The van der Waals surface area contributed by atoms with Crippen molar-refractivity contribution < 1.29 is 4.79 Å². The Hall–Kier alpha value is -3.28. The molecule has 6 nitrogen and oxygen atoms in total. The number of hydrogen-bond donors (Lipinski definition) is 2. The van der Waals surface area contributed by atoms with Gasteiger partial charge in [-0.2, -0.15) is 5.10 Å². The van der Waals surface area contributed by atoms with Gasteiger partial charge < -0.3 is 5.32 Å². The SMILES string of the molecule is O=C(NCCc1cccnc1)c1ccc2c(c1)ncc1cn[nH]c12. The van der Waals surface area contributed by atoms with Gasteiger partial charge in [-0.15, -0.1) is 0 Å². The van der Waals surface area contributed by atoms with Gasteiger partial charge in [-0.3, -0.25) is 19.9 Å². The lowest BCUT2D eigenvalue weighted by molar-refractivity contribution is 0.0954. The largest absolute Gasteiger partial charge is 0.352 e. The summed E-state index contributed by atoms with van der Waals surface area (Å²) in [6, 6.07) is 9.40. The number of aromatic amines is 1. The van der Waals surface area contributed by atoms with Crippen LogP contribution in [0.5, 0.6) is 0 Å². The summed E-state index contributed by atoms with van der Waals surface area (Å²) in [7, 11) is 0. The van der Waals surface area contributed by atoms with Crippen LogP contribution in [0.15, 0.2) is 55.1 Å². The summed E-state index contributed by atoms with van der Waals surface area (Å²) >= 11 is 0. The van der Waals surface area contributed by atoms with Crippen LogP contribution in [-0.4, -0.2) is 32.6 Å². The molecule has 0 fully saturated rings. The third-order valence-corrected chi connectivity index (χ3v) is 3.96. The molecule has 3 heterocycles. The molecule has 4 aromatic rings. The second kappa shape index (κ2) is 6.08. The number of carbonyl (C=O) groups excluding carboxylic acids is 1. The van der Waals surface area contributed by atoms with Gasteiger partial charge in [-0.1, -0.05) is 6.07 Å². The smallest absolute Gasteiger partial charge is 0.251 e. The van der Waals surface area contributed by atoms with E-state index in [0.717, 1.165) is 33.8 Å². The van der Waals surface area contributed by atoms with Crippen molar-refractivity contribution in [2.24, 2.45) is 0 Å². The summed E-state index contributed by atoms with van der Waals surface area (Å²) in [6.07, 6.45) is 7.79. The van der Waals surface area contributed by atoms with Crippen molar-refractivity contribution in [3.05, 3.63) is 66.2 Å². The topological polar surface area (TPSA) is 83.6 Å². The van der Waals surface area contributed by atoms with Crippen molar-refractivity contribution in [1.29, 1.82) is 0 Å². The summed E-state index contributed by atoms with van der Waals surface area (Å²) in [5.74, 6) is -0.104. The predicted molar refractivity (Wildman–Crippen MR) is 91.7 cm³/mol. The Kier molecular flexibility index (Phi) is 3.63. The Morgan fingerprint density at radius 2 is 2.12 bits per heavy atom. The molecule has 0 spiro atoms. The number of pyridine rings is 2. The molecule has 1 amide bonds. The van der Waals surface area contributed by atoms with Crippen molar-refractivity contribution >= 4 is 27.7 Å². The first-order chi connectivity index (χ1) is 11.8. The van der Waals surface area contributed by atoms with E-state index < -0.39 is 0 Å². The van der Waals surface area contributed by atoms with E-state index >= 15 is 0 Å². The lowest BCUT2D eigenvalue weighted by Crippen LogP contribution is -2.25. The molecule has 0 aliphatic carbocycles. The molecule has 118 valence electrons. The van der Waals surface area contributed by atoms with Crippen molar-refractivity contribution in [2.45, 2.75) is 6.42 Å². The highest BCUT2D eigenvalue weighted by atomic mass is 16.1. The molecule has 0 unspecified atom stereocenters. The number of amides is 1. The number of rotatable bonds is 4. The minimum atomic E-state index is -0.104. The fourth-order valence-electron chi connectivity index (χ4n) is 2.71. The molecule has 2 N–H and O–H groups in total. The molecule has 0 radical (unpaired) electrons. The van der Waals surface area contributed by atoms with Crippen LogP contribution in [0.25, 0.3) is 21.8 Å². The highest BCUT2D eigenvalue weighted by Gasteiger charge is 2.09. The normalized spacial score (nSPS) is 11.0. The number of fused-ring (bicyclic) bond motifs is 3. The van der Waals surface area contributed by atoms with Gasteiger partial charge in [-0.25, -0.2) is 0 Å². The van der Waals surface area contributed by atoms with Crippen LogP contribution in [0.3, 0.4) is 0 Å². The third kappa shape index (κ3) is 2.69. The van der Waals surface area contributed by atoms with Crippen molar-refractivity contribution in [3.8, 4) is 0 Å². The number of carbonyl (C=O) groups is 1. The molecule has 0 saturated heterocycles. The first kappa shape index (κ1) is 14.3. The quantitative estimate of drug-likeness (QED) is 0.605. The summed E-state index contributed by atoms with van der Waals surface area (Å²) < 4.78 is 0. The number of nitrogens with zero attached hydrogens (tertiary/aromatic N) is 3. The van der Waals surface area contributed by atoms with E-state index in [9.17, 15) is 4.79 Å². The Labute approximate surface area is 137 Å². The second-order valence-electron chi connectivity index (χ2n) is 5.56. The van der Waals surface area contributed by atoms with Gasteiger partial charge in [0.25, 0.3) is 5.91 Å². The first-order valence-electron chi connectivity index (χ1n) is 7.70. The standard InChI is InChI=1S/C18H15N5O/c24-18(20-7-5-12-2-1-6-19-9-12)13-3-4-15-16(8-13)21-10-14-11-22-23-17(14)15/h1-4,6,8-11H,5,7H2,(H,20,24)(H,22,23). The zero-order chi connectivity index (χ0) is 16.4. The summed E-state index contributed by atoms with van der Waals surface area (Å²) in [6.45, 7) is 0.565.